The van der Waals surface area contributed by atoms with Crippen LogP contribution in [0.3, 0.4) is 0 Å². The van der Waals surface area contributed by atoms with Crippen LogP contribution in [0.25, 0.3) is 0 Å². The van der Waals surface area contributed by atoms with E-state index < -0.39 is 0 Å². The summed E-state index contributed by atoms with van der Waals surface area (Å²) in [7, 11) is 0. The summed E-state index contributed by atoms with van der Waals surface area (Å²) in [4.78, 5) is 0. The second-order valence-electron chi connectivity index (χ2n) is 1.25. The van der Waals surface area contributed by atoms with Gasteiger partial charge in [0.15, 0.2) is 0 Å². The molecule has 0 fully saturated rings. The molecule has 52 valence electrons. The minimum Gasteiger partial charge on any atom is -0.244 e. The first-order chi connectivity index (χ1) is 4.43. The fourth-order valence-electron chi connectivity index (χ4n) is 0.340. The smallest absolute Gasteiger partial charge is 0.104 e. The lowest BCUT2D eigenvalue weighted by Gasteiger charge is -1.72. The first-order valence-corrected chi connectivity index (χ1v) is 3.20. The number of hydrogen-bond acceptors (Lipinski definition) is 3. The molecule has 0 N–H and O–H groups in total. The van der Waals surface area contributed by atoms with Gasteiger partial charge in [-0.2, -0.15) is 0 Å². The van der Waals surface area contributed by atoms with E-state index in [-0.39, 0.29) is 0 Å². The Hall–Kier alpha value is -0.860. The molecule has 0 aromatic carbocycles. The van der Waals surface area contributed by atoms with E-state index in [0.29, 0.717) is 0 Å². The largest absolute Gasteiger partial charge is 0.244 e. The maximum Gasteiger partial charge on any atom is 0.104 e. The molecule has 3 heteroatoms. The van der Waals surface area contributed by atoms with Gasteiger partial charge < -0.3 is 0 Å². The molecular formula is C6H12N2O. The molecule has 0 amide bonds. The van der Waals surface area contributed by atoms with E-state index in [1.54, 1.807) is 6.20 Å². The zero-order valence-corrected chi connectivity index (χ0v) is 6.09. The molecule has 0 unspecified atom stereocenters. The lowest BCUT2D eigenvalue weighted by atomic mass is 10.4. The summed E-state index contributed by atoms with van der Waals surface area (Å²) in [6, 6.07) is 0. The summed E-state index contributed by atoms with van der Waals surface area (Å²) in [6.45, 7) is 6.00. The molecular weight excluding hydrogens is 116 g/mol. The minimum atomic E-state index is 0.892. The molecule has 0 spiro atoms. The van der Waals surface area contributed by atoms with E-state index in [2.05, 4.69) is 14.9 Å². The van der Waals surface area contributed by atoms with Gasteiger partial charge >= 0.3 is 0 Å². The van der Waals surface area contributed by atoms with E-state index in [0.717, 1.165) is 12.1 Å². The van der Waals surface area contributed by atoms with Crippen molar-refractivity contribution in [1.82, 2.24) is 10.3 Å². The molecule has 1 rings (SSSR count). The van der Waals surface area contributed by atoms with Crippen LogP contribution in [-0.4, -0.2) is 10.3 Å². The molecule has 0 bridgehead atoms. The van der Waals surface area contributed by atoms with Crippen molar-refractivity contribution in [3.63, 3.8) is 0 Å². The number of rotatable bonds is 1. The van der Waals surface area contributed by atoms with Crippen molar-refractivity contribution in [2.75, 3.05) is 0 Å². The number of hydrogen-bond donors (Lipinski definition) is 0. The summed E-state index contributed by atoms with van der Waals surface area (Å²) in [5, 5.41) is 6.96. The first kappa shape index (κ1) is 8.14. The Morgan fingerprint density at radius 2 is 2.22 bits per heavy atom. The van der Waals surface area contributed by atoms with Gasteiger partial charge in [-0.25, -0.2) is 4.63 Å². The molecule has 0 saturated carbocycles. The van der Waals surface area contributed by atoms with Crippen LogP contribution < -0.4 is 0 Å². The van der Waals surface area contributed by atoms with Crippen LogP contribution in [0, 0.1) is 0 Å². The van der Waals surface area contributed by atoms with E-state index in [4.69, 9.17) is 0 Å². The molecule has 0 aliphatic heterocycles. The van der Waals surface area contributed by atoms with Gasteiger partial charge in [0.05, 0.1) is 6.20 Å². The predicted octanol–water partition coefficient (Wildman–Crippen LogP) is 1.66. The number of nitrogens with zero attached hydrogens (tertiary/aromatic N) is 2. The van der Waals surface area contributed by atoms with E-state index >= 15 is 0 Å². The Morgan fingerprint density at radius 1 is 1.56 bits per heavy atom. The molecule has 1 aromatic heterocycles. The Balaban J connectivity index is 0.000000291. The van der Waals surface area contributed by atoms with Crippen LogP contribution in [0.15, 0.2) is 10.8 Å². The lowest BCUT2D eigenvalue weighted by molar-refractivity contribution is 0.303. The van der Waals surface area contributed by atoms with Gasteiger partial charge in [-0.3, -0.25) is 0 Å². The first-order valence-electron chi connectivity index (χ1n) is 3.20. The van der Waals surface area contributed by atoms with Gasteiger partial charge in [0.1, 0.15) is 5.69 Å². The fraction of sp³-hybridized carbons (Fsp3) is 0.667. The third-order valence-electron chi connectivity index (χ3n) is 0.769. The summed E-state index contributed by atoms with van der Waals surface area (Å²) in [6.07, 6.45) is 2.50. The highest BCUT2D eigenvalue weighted by Gasteiger charge is 1.87. The molecule has 0 saturated heterocycles. The third kappa shape index (κ3) is 2.85. The summed E-state index contributed by atoms with van der Waals surface area (Å²) in [5.74, 6) is 0. The van der Waals surface area contributed by atoms with Gasteiger partial charge in [-0.05, 0) is 6.42 Å². The van der Waals surface area contributed by atoms with Crippen LogP contribution >= 0.6 is 0 Å². The molecule has 0 radical (unpaired) electrons. The average Bonchev–Trinajstić information content (AvgIpc) is 2.43. The Labute approximate surface area is 55.0 Å². The molecule has 0 aliphatic carbocycles. The van der Waals surface area contributed by atoms with Crippen molar-refractivity contribution < 1.29 is 4.63 Å². The molecule has 0 aliphatic rings. The lowest BCUT2D eigenvalue weighted by Crippen LogP contribution is -1.73. The maximum atomic E-state index is 4.31. The van der Waals surface area contributed by atoms with Crippen molar-refractivity contribution >= 4 is 0 Å². The second-order valence-corrected chi connectivity index (χ2v) is 1.25. The molecule has 3 nitrogen and oxygen atoms in total. The Bertz CT molecular complexity index is 126. The summed E-state index contributed by atoms with van der Waals surface area (Å²) in [5.41, 5.74) is 0.903. The SMILES string of the molecule is CC.CCc1cnon1. The second kappa shape index (κ2) is 5.28. The van der Waals surface area contributed by atoms with Crippen molar-refractivity contribution in [3.8, 4) is 0 Å². The van der Waals surface area contributed by atoms with Crippen molar-refractivity contribution in [2.24, 2.45) is 0 Å². The van der Waals surface area contributed by atoms with E-state index in [1.807, 2.05) is 20.8 Å². The topological polar surface area (TPSA) is 38.9 Å². The maximum absolute atomic E-state index is 4.31. The predicted molar refractivity (Wildman–Crippen MR) is 35.0 cm³/mol. The standard InChI is InChI=1S/C4H6N2O.C2H6/c1-2-4-3-5-7-6-4;1-2/h3H,2H2,1H3;1-2H3. The number of aryl methyl sites for hydroxylation is 1. The van der Waals surface area contributed by atoms with Gasteiger partial charge in [-0.15, -0.1) is 0 Å². The number of aromatic nitrogens is 2. The highest BCUT2D eigenvalue weighted by atomic mass is 16.6. The van der Waals surface area contributed by atoms with Gasteiger partial charge in [0, 0.05) is 0 Å². The highest BCUT2D eigenvalue weighted by Crippen LogP contribution is 1.88. The van der Waals surface area contributed by atoms with Crippen molar-refractivity contribution in [1.29, 1.82) is 0 Å². The summed E-state index contributed by atoms with van der Waals surface area (Å²) < 4.78 is 4.31. The van der Waals surface area contributed by atoms with E-state index in [1.165, 1.54) is 0 Å². The van der Waals surface area contributed by atoms with Gasteiger partial charge in [-0.1, -0.05) is 31.1 Å². The quantitative estimate of drug-likeness (QED) is 0.577. The van der Waals surface area contributed by atoms with Crippen molar-refractivity contribution in [3.05, 3.63) is 11.9 Å². The van der Waals surface area contributed by atoms with E-state index in [9.17, 15) is 0 Å². The van der Waals surface area contributed by atoms with Crippen LogP contribution in [0.2, 0.25) is 0 Å². The van der Waals surface area contributed by atoms with Crippen LogP contribution in [0.5, 0.6) is 0 Å². The van der Waals surface area contributed by atoms with Crippen LogP contribution in [-0.2, 0) is 6.42 Å². The highest BCUT2D eigenvalue weighted by molar-refractivity contribution is 4.86. The third-order valence-corrected chi connectivity index (χ3v) is 0.769. The van der Waals surface area contributed by atoms with Crippen molar-refractivity contribution in [2.45, 2.75) is 27.2 Å². The summed E-state index contributed by atoms with van der Waals surface area (Å²) >= 11 is 0. The fourth-order valence-corrected chi connectivity index (χ4v) is 0.340. The Morgan fingerprint density at radius 3 is 2.44 bits per heavy atom. The van der Waals surface area contributed by atoms with Crippen LogP contribution in [0.1, 0.15) is 26.5 Å². The monoisotopic (exact) mass is 128 g/mol. The molecule has 9 heavy (non-hydrogen) atoms. The molecule has 1 heterocycles. The normalized spacial score (nSPS) is 7.89. The zero-order valence-electron chi connectivity index (χ0n) is 6.09. The van der Waals surface area contributed by atoms with Crippen LogP contribution in [0.4, 0.5) is 0 Å². The van der Waals surface area contributed by atoms with Gasteiger partial charge in [0.25, 0.3) is 0 Å². The minimum absolute atomic E-state index is 0.892. The Kier molecular flexibility index (Phi) is 4.78. The average molecular weight is 128 g/mol. The zero-order chi connectivity index (χ0) is 7.11. The molecule has 0 atom stereocenters. The van der Waals surface area contributed by atoms with Gasteiger partial charge in [0.2, 0.25) is 0 Å². The molecule has 1 aromatic rings.